The van der Waals surface area contributed by atoms with E-state index in [0.717, 1.165) is 11.1 Å². The van der Waals surface area contributed by atoms with Gasteiger partial charge in [0.25, 0.3) is 5.91 Å². The zero-order valence-electron chi connectivity index (χ0n) is 19.6. The van der Waals surface area contributed by atoms with Gasteiger partial charge in [-0.2, -0.15) is 5.10 Å². The minimum absolute atomic E-state index is 0.0334. The summed E-state index contributed by atoms with van der Waals surface area (Å²) in [4.78, 5) is 21.7. The molecule has 0 unspecified atom stereocenters. The predicted octanol–water partition coefficient (Wildman–Crippen LogP) is 4.66. The number of carbonyl (C=O) groups is 1. The fourth-order valence-electron chi connectivity index (χ4n) is 3.90. The van der Waals surface area contributed by atoms with Gasteiger partial charge in [-0.3, -0.25) is 9.89 Å². The number of anilines is 2. The first-order valence-electron chi connectivity index (χ1n) is 11.3. The molecule has 5 aromatic rings. The topological polar surface area (TPSA) is 101 Å². The highest BCUT2D eigenvalue weighted by atomic mass is 19.1. The highest BCUT2D eigenvalue weighted by molar-refractivity contribution is 6.04. The van der Waals surface area contributed by atoms with Crippen molar-refractivity contribution in [1.29, 1.82) is 0 Å². The maximum absolute atomic E-state index is 15.5. The maximum atomic E-state index is 15.5. The fourth-order valence-corrected chi connectivity index (χ4v) is 3.90. The summed E-state index contributed by atoms with van der Waals surface area (Å²) in [6, 6.07) is 15.6. The van der Waals surface area contributed by atoms with E-state index in [0.29, 0.717) is 23.6 Å². The second-order valence-corrected chi connectivity index (χ2v) is 8.42. The summed E-state index contributed by atoms with van der Waals surface area (Å²) in [6.45, 7) is 1.98. The van der Waals surface area contributed by atoms with Crippen molar-refractivity contribution in [2.75, 3.05) is 11.9 Å². The summed E-state index contributed by atoms with van der Waals surface area (Å²) in [6.07, 6.45) is 1.84. The Morgan fingerprint density at radius 3 is 2.69 bits per heavy atom. The van der Waals surface area contributed by atoms with E-state index in [9.17, 15) is 9.18 Å². The molecule has 36 heavy (non-hydrogen) atoms. The zero-order valence-corrected chi connectivity index (χ0v) is 19.6. The Kier molecular flexibility index (Phi) is 6.16. The summed E-state index contributed by atoms with van der Waals surface area (Å²) >= 11 is 0. The molecule has 0 spiro atoms. The van der Waals surface area contributed by atoms with Crippen LogP contribution in [0, 0.1) is 18.6 Å². The Hall–Kier alpha value is -4.60. The molecule has 0 aliphatic heterocycles. The first-order chi connectivity index (χ1) is 17.4. The number of rotatable bonds is 7. The number of halogens is 2. The molecule has 0 radical (unpaired) electrons. The van der Waals surface area contributed by atoms with Gasteiger partial charge in [0.2, 0.25) is 0 Å². The summed E-state index contributed by atoms with van der Waals surface area (Å²) in [5.41, 5.74) is 2.06. The van der Waals surface area contributed by atoms with Crippen molar-refractivity contribution >= 4 is 28.3 Å². The second kappa shape index (κ2) is 9.57. The van der Waals surface area contributed by atoms with Crippen LogP contribution >= 0.6 is 0 Å². The molecule has 0 aliphatic carbocycles. The Balaban J connectivity index is 1.38. The number of nitrogens with zero attached hydrogens (tertiary/aromatic N) is 4. The summed E-state index contributed by atoms with van der Waals surface area (Å²) < 4.78 is 31.6. The van der Waals surface area contributed by atoms with Crippen LogP contribution in [0.5, 0.6) is 0 Å². The minimum Gasteiger partial charge on any atom is -0.352 e. The number of aryl methyl sites for hydroxylation is 2. The van der Waals surface area contributed by atoms with E-state index in [1.165, 1.54) is 24.5 Å². The van der Waals surface area contributed by atoms with E-state index in [4.69, 9.17) is 0 Å². The molecule has 0 bridgehead atoms. The van der Waals surface area contributed by atoms with Gasteiger partial charge in [0.15, 0.2) is 11.6 Å². The van der Waals surface area contributed by atoms with Crippen molar-refractivity contribution < 1.29 is 13.6 Å². The molecule has 8 nitrogen and oxygen atoms in total. The number of H-pyrrole nitrogens is 1. The molecule has 10 heteroatoms. The highest BCUT2D eigenvalue weighted by Gasteiger charge is 2.22. The van der Waals surface area contributed by atoms with Crippen LogP contribution in [0.2, 0.25) is 0 Å². The van der Waals surface area contributed by atoms with E-state index < -0.39 is 17.5 Å². The van der Waals surface area contributed by atoms with Gasteiger partial charge in [-0.15, -0.1) is 0 Å². The lowest BCUT2D eigenvalue weighted by Crippen LogP contribution is -2.27. The van der Waals surface area contributed by atoms with Gasteiger partial charge < -0.3 is 15.2 Å². The lowest BCUT2D eigenvalue weighted by molar-refractivity contribution is 0.0954. The normalized spacial score (nSPS) is 11.1. The molecular formula is C26H23F2N7O. The SMILES string of the molecule is Cc1ccc(Nc2c(C(=O)NCCc3nc(-c4ccccc4)n[nH]3)cc3c(ncn3C)c2F)c(F)c1. The molecule has 182 valence electrons. The number of fused-ring (bicyclic) bond motifs is 1. The molecule has 0 atom stereocenters. The number of aromatic amines is 1. The average molecular weight is 488 g/mol. The van der Waals surface area contributed by atoms with E-state index in [-0.39, 0.29) is 29.0 Å². The van der Waals surface area contributed by atoms with Crippen LogP contribution in [0.3, 0.4) is 0 Å². The number of hydrogen-bond donors (Lipinski definition) is 3. The Morgan fingerprint density at radius 1 is 1.11 bits per heavy atom. The van der Waals surface area contributed by atoms with Crippen LogP contribution in [0.1, 0.15) is 21.7 Å². The van der Waals surface area contributed by atoms with E-state index in [1.54, 1.807) is 24.6 Å². The van der Waals surface area contributed by atoms with Gasteiger partial charge in [0.05, 0.1) is 28.8 Å². The predicted molar refractivity (Wildman–Crippen MR) is 133 cm³/mol. The van der Waals surface area contributed by atoms with Gasteiger partial charge in [-0.25, -0.2) is 18.7 Å². The molecule has 3 aromatic carbocycles. The molecule has 1 amide bonds. The van der Waals surface area contributed by atoms with Gasteiger partial charge >= 0.3 is 0 Å². The van der Waals surface area contributed by atoms with Crippen molar-refractivity contribution in [3.05, 3.63) is 89.5 Å². The van der Waals surface area contributed by atoms with Gasteiger partial charge in [0.1, 0.15) is 17.2 Å². The lowest BCUT2D eigenvalue weighted by atomic mass is 10.1. The van der Waals surface area contributed by atoms with E-state index in [1.807, 2.05) is 30.3 Å². The van der Waals surface area contributed by atoms with E-state index >= 15 is 4.39 Å². The molecular weight excluding hydrogens is 464 g/mol. The molecule has 2 heterocycles. The largest absolute Gasteiger partial charge is 0.352 e. The van der Waals surface area contributed by atoms with Crippen molar-refractivity contribution in [2.24, 2.45) is 7.05 Å². The number of benzene rings is 3. The van der Waals surface area contributed by atoms with Gasteiger partial charge in [-0.1, -0.05) is 36.4 Å². The van der Waals surface area contributed by atoms with Crippen molar-refractivity contribution in [1.82, 2.24) is 30.0 Å². The van der Waals surface area contributed by atoms with Crippen molar-refractivity contribution in [2.45, 2.75) is 13.3 Å². The Morgan fingerprint density at radius 2 is 1.92 bits per heavy atom. The third-order valence-corrected chi connectivity index (χ3v) is 5.80. The third kappa shape index (κ3) is 4.52. The highest BCUT2D eigenvalue weighted by Crippen LogP contribution is 2.31. The number of imidazole rings is 1. The fraction of sp³-hybridized carbons (Fsp3) is 0.154. The second-order valence-electron chi connectivity index (χ2n) is 8.42. The Bertz CT molecular complexity index is 1560. The summed E-state index contributed by atoms with van der Waals surface area (Å²) in [5, 5.41) is 12.6. The third-order valence-electron chi connectivity index (χ3n) is 5.80. The van der Waals surface area contributed by atoms with Crippen LogP contribution < -0.4 is 10.6 Å². The molecule has 0 saturated carbocycles. The molecule has 0 aliphatic rings. The maximum Gasteiger partial charge on any atom is 0.253 e. The number of hydrogen-bond acceptors (Lipinski definition) is 5. The van der Waals surface area contributed by atoms with Crippen LogP contribution in [-0.2, 0) is 13.5 Å². The van der Waals surface area contributed by atoms with Crippen LogP contribution in [0.4, 0.5) is 20.2 Å². The number of carbonyl (C=O) groups excluding carboxylic acids is 1. The molecule has 0 saturated heterocycles. The van der Waals surface area contributed by atoms with Gasteiger partial charge in [-0.05, 0) is 30.7 Å². The monoisotopic (exact) mass is 487 g/mol. The van der Waals surface area contributed by atoms with Crippen LogP contribution in [-0.4, -0.2) is 37.2 Å². The summed E-state index contributed by atoms with van der Waals surface area (Å²) in [7, 11) is 1.71. The number of amides is 1. The van der Waals surface area contributed by atoms with Crippen molar-refractivity contribution in [3.8, 4) is 11.4 Å². The van der Waals surface area contributed by atoms with Crippen LogP contribution in [0.25, 0.3) is 22.4 Å². The van der Waals surface area contributed by atoms with Crippen LogP contribution in [0.15, 0.2) is 60.9 Å². The Labute approximate surface area is 205 Å². The summed E-state index contributed by atoms with van der Waals surface area (Å²) in [5.74, 6) is -0.646. The minimum atomic E-state index is -0.735. The number of nitrogens with one attached hydrogen (secondary N) is 3. The smallest absolute Gasteiger partial charge is 0.253 e. The van der Waals surface area contributed by atoms with Gasteiger partial charge in [0, 0.05) is 25.6 Å². The first kappa shape index (κ1) is 23.2. The molecule has 3 N–H and O–H groups in total. The molecule has 2 aromatic heterocycles. The average Bonchev–Trinajstić information content (AvgIpc) is 3.49. The number of aromatic nitrogens is 5. The quantitative estimate of drug-likeness (QED) is 0.310. The van der Waals surface area contributed by atoms with E-state index in [2.05, 4.69) is 30.8 Å². The standard InChI is InChI=1S/C26H23F2N7O/c1-15-8-9-19(18(27)12-15)31-23-17(13-20-24(22(23)28)30-14-35(20)2)26(36)29-11-10-21-32-25(34-33-21)16-6-4-3-5-7-16/h3-9,12-14,31H,10-11H2,1-2H3,(H,29,36)(H,32,33,34). The molecule has 0 fully saturated rings. The lowest BCUT2D eigenvalue weighted by Gasteiger charge is -2.15. The first-order valence-corrected chi connectivity index (χ1v) is 11.3. The zero-order chi connectivity index (χ0) is 25.2. The molecule has 5 rings (SSSR count). The van der Waals surface area contributed by atoms with Crippen molar-refractivity contribution in [3.63, 3.8) is 0 Å².